The zero-order valence-electron chi connectivity index (χ0n) is 11.0. The van der Waals surface area contributed by atoms with Gasteiger partial charge in [-0.25, -0.2) is 0 Å². The van der Waals surface area contributed by atoms with Gasteiger partial charge < -0.3 is 0 Å². The second kappa shape index (κ2) is 5.37. The zero-order chi connectivity index (χ0) is 13.0. The van der Waals surface area contributed by atoms with Crippen LogP contribution in [0.4, 0.5) is 0 Å². The molecule has 0 aliphatic carbocycles. The van der Waals surface area contributed by atoms with E-state index in [1.807, 2.05) is 12.1 Å². The standard InChI is InChI=1S/C16H20N2/c1-3-10-16(13-17)11-7-12-18(16)14(2)15-8-5-4-6-9-15/h3-6,8-9,14H,1,7,10-12H2,2H3. The van der Waals surface area contributed by atoms with Crippen molar-refractivity contribution in [2.75, 3.05) is 6.54 Å². The fraction of sp³-hybridized carbons (Fsp3) is 0.438. The van der Waals surface area contributed by atoms with Gasteiger partial charge in [-0.15, -0.1) is 6.58 Å². The zero-order valence-corrected chi connectivity index (χ0v) is 11.0. The second-order valence-corrected chi connectivity index (χ2v) is 5.02. The first-order valence-electron chi connectivity index (χ1n) is 6.57. The molecule has 1 aliphatic heterocycles. The van der Waals surface area contributed by atoms with Crippen LogP contribution in [0.5, 0.6) is 0 Å². The number of hydrogen-bond acceptors (Lipinski definition) is 2. The van der Waals surface area contributed by atoms with Crippen molar-refractivity contribution in [1.29, 1.82) is 5.26 Å². The summed E-state index contributed by atoms with van der Waals surface area (Å²) in [6, 6.07) is 13.2. The first-order chi connectivity index (χ1) is 8.73. The Labute approximate surface area is 110 Å². The maximum Gasteiger partial charge on any atom is 0.113 e. The Bertz CT molecular complexity index is 446. The highest BCUT2D eigenvalue weighted by Gasteiger charge is 2.42. The Balaban J connectivity index is 2.27. The second-order valence-electron chi connectivity index (χ2n) is 5.02. The van der Waals surface area contributed by atoms with Crippen LogP contribution in [0.1, 0.15) is 37.8 Å². The third-order valence-electron chi connectivity index (χ3n) is 3.98. The minimum Gasteiger partial charge on any atom is -0.278 e. The van der Waals surface area contributed by atoms with Crippen molar-refractivity contribution in [3.05, 3.63) is 48.6 Å². The van der Waals surface area contributed by atoms with Crippen molar-refractivity contribution in [3.63, 3.8) is 0 Å². The number of nitrogens with zero attached hydrogens (tertiary/aromatic N) is 2. The van der Waals surface area contributed by atoms with Gasteiger partial charge in [0.2, 0.25) is 0 Å². The molecule has 1 aromatic carbocycles. The molecule has 2 unspecified atom stereocenters. The topological polar surface area (TPSA) is 27.0 Å². The van der Waals surface area contributed by atoms with Crippen LogP contribution in [-0.2, 0) is 0 Å². The van der Waals surface area contributed by atoms with Gasteiger partial charge in [0, 0.05) is 12.6 Å². The molecule has 0 spiro atoms. The van der Waals surface area contributed by atoms with Crippen LogP contribution in [0.25, 0.3) is 0 Å². The van der Waals surface area contributed by atoms with Crippen molar-refractivity contribution in [2.24, 2.45) is 0 Å². The van der Waals surface area contributed by atoms with Crippen LogP contribution in [-0.4, -0.2) is 17.0 Å². The van der Waals surface area contributed by atoms with Gasteiger partial charge in [-0.05, 0) is 31.7 Å². The molecular formula is C16H20N2. The summed E-state index contributed by atoms with van der Waals surface area (Å²) < 4.78 is 0. The molecule has 18 heavy (non-hydrogen) atoms. The molecule has 94 valence electrons. The first kappa shape index (κ1) is 12.9. The summed E-state index contributed by atoms with van der Waals surface area (Å²) in [4.78, 5) is 2.34. The number of rotatable bonds is 4. The third-order valence-corrected chi connectivity index (χ3v) is 3.98. The average Bonchev–Trinajstić information content (AvgIpc) is 2.83. The number of nitriles is 1. The Kier molecular flexibility index (Phi) is 3.84. The molecule has 0 N–H and O–H groups in total. The van der Waals surface area contributed by atoms with E-state index in [4.69, 9.17) is 0 Å². The molecule has 0 radical (unpaired) electrons. The first-order valence-corrected chi connectivity index (χ1v) is 6.57. The summed E-state index contributed by atoms with van der Waals surface area (Å²) in [7, 11) is 0. The van der Waals surface area contributed by atoms with Crippen LogP contribution in [0.15, 0.2) is 43.0 Å². The Morgan fingerprint density at radius 2 is 2.22 bits per heavy atom. The smallest absolute Gasteiger partial charge is 0.113 e. The van der Waals surface area contributed by atoms with E-state index >= 15 is 0 Å². The maximum atomic E-state index is 9.57. The van der Waals surface area contributed by atoms with Gasteiger partial charge in [0.05, 0.1) is 6.07 Å². The van der Waals surface area contributed by atoms with Crippen LogP contribution in [0.2, 0.25) is 0 Å². The summed E-state index contributed by atoms with van der Waals surface area (Å²) in [6.07, 6.45) is 4.67. The molecule has 1 aromatic rings. The lowest BCUT2D eigenvalue weighted by Crippen LogP contribution is -2.43. The Morgan fingerprint density at radius 3 is 2.83 bits per heavy atom. The molecule has 1 fully saturated rings. The SMILES string of the molecule is C=CCC1(C#N)CCCN1C(C)c1ccccc1. The molecule has 0 amide bonds. The quantitative estimate of drug-likeness (QED) is 0.751. The van der Waals surface area contributed by atoms with Gasteiger partial charge in [-0.1, -0.05) is 36.4 Å². The lowest BCUT2D eigenvalue weighted by molar-refractivity contribution is 0.141. The number of hydrogen-bond donors (Lipinski definition) is 0. The van der Waals surface area contributed by atoms with Gasteiger partial charge >= 0.3 is 0 Å². The van der Waals surface area contributed by atoms with E-state index in [0.29, 0.717) is 0 Å². The van der Waals surface area contributed by atoms with E-state index in [1.165, 1.54) is 5.56 Å². The minimum atomic E-state index is -0.350. The predicted molar refractivity (Wildman–Crippen MR) is 74.0 cm³/mol. The van der Waals surface area contributed by atoms with E-state index in [-0.39, 0.29) is 11.6 Å². The third kappa shape index (κ3) is 2.19. The molecule has 0 saturated carbocycles. The Morgan fingerprint density at radius 1 is 1.50 bits per heavy atom. The molecule has 2 rings (SSSR count). The van der Waals surface area contributed by atoms with Crippen LogP contribution in [0.3, 0.4) is 0 Å². The van der Waals surface area contributed by atoms with Crippen molar-refractivity contribution < 1.29 is 0 Å². The molecule has 1 heterocycles. The predicted octanol–water partition coefficient (Wildman–Crippen LogP) is 3.68. The normalized spacial score (nSPS) is 25.6. The molecule has 2 atom stereocenters. The highest BCUT2D eigenvalue weighted by Crippen LogP contribution is 2.38. The summed E-state index contributed by atoms with van der Waals surface area (Å²) in [5, 5.41) is 9.57. The maximum absolute atomic E-state index is 9.57. The van der Waals surface area contributed by atoms with Crippen molar-refractivity contribution in [2.45, 2.75) is 37.8 Å². The van der Waals surface area contributed by atoms with Crippen LogP contribution in [0, 0.1) is 11.3 Å². The van der Waals surface area contributed by atoms with E-state index in [1.54, 1.807) is 0 Å². The van der Waals surface area contributed by atoms with E-state index in [0.717, 1.165) is 25.8 Å². The molecular weight excluding hydrogens is 220 g/mol. The summed E-state index contributed by atoms with van der Waals surface area (Å²) >= 11 is 0. The number of likely N-dealkylation sites (tertiary alicyclic amines) is 1. The van der Waals surface area contributed by atoms with E-state index < -0.39 is 0 Å². The Hall–Kier alpha value is -1.59. The highest BCUT2D eigenvalue weighted by atomic mass is 15.2. The summed E-state index contributed by atoms with van der Waals surface area (Å²) in [5.41, 5.74) is 0.930. The largest absolute Gasteiger partial charge is 0.278 e. The molecule has 1 aliphatic rings. The van der Waals surface area contributed by atoms with Crippen molar-refractivity contribution in [1.82, 2.24) is 4.90 Å². The molecule has 0 aromatic heterocycles. The summed E-state index contributed by atoms with van der Waals surface area (Å²) in [6.45, 7) is 6.99. The van der Waals surface area contributed by atoms with Gasteiger partial charge in [0.25, 0.3) is 0 Å². The molecule has 2 heteroatoms. The van der Waals surface area contributed by atoms with Crippen molar-refractivity contribution >= 4 is 0 Å². The lowest BCUT2D eigenvalue weighted by atomic mass is 9.91. The molecule has 0 bridgehead atoms. The molecule has 2 nitrogen and oxygen atoms in total. The van der Waals surface area contributed by atoms with Gasteiger partial charge in [0.1, 0.15) is 5.54 Å². The van der Waals surface area contributed by atoms with Crippen LogP contribution < -0.4 is 0 Å². The average molecular weight is 240 g/mol. The van der Waals surface area contributed by atoms with Gasteiger partial charge in [-0.2, -0.15) is 5.26 Å². The summed E-state index contributed by atoms with van der Waals surface area (Å²) in [5.74, 6) is 0. The van der Waals surface area contributed by atoms with Crippen LogP contribution >= 0.6 is 0 Å². The van der Waals surface area contributed by atoms with Gasteiger partial charge in [0.15, 0.2) is 0 Å². The van der Waals surface area contributed by atoms with Gasteiger partial charge in [-0.3, -0.25) is 4.90 Å². The monoisotopic (exact) mass is 240 g/mol. The highest BCUT2D eigenvalue weighted by molar-refractivity contribution is 5.23. The van der Waals surface area contributed by atoms with Crippen molar-refractivity contribution in [3.8, 4) is 6.07 Å². The van der Waals surface area contributed by atoms with E-state index in [2.05, 4.69) is 48.7 Å². The van der Waals surface area contributed by atoms with E-state index in [9.17, 15) is 5.26 Å². The fourth-order valence-corrected chi connectivity index (χ4v) is 3.00. The lowest BCUT2D eigenvalue weighted by Gasteiger charge is -2.36. The minimum absolute atomic E-state index is 0.285. The molecule has 1 saturated heterocycles. The fourth-order valence-electron chi connectivity index (χ4n) is 3.00. The number of benzene rings is 1.